The van der Waals surface area contributed by atoms with E-state index in [2.05, 4.69) is 25.3 Å². The van der Waals surface area contributed by atoms with Gasteiger partial charge in [0.15, 0.2) is 11.3 Å². The number of aliphatic hydroxyl groups excluding tert-OH is 1. The first kappa shape index (κ1) is 17.0. The number of aryl methyl sites for hydroxylation is 1. The maximum atomic E-state index is 12.6. The number of nitrogens with zero attached hydrogens (tertiary/aromatic N) is 5. The van der Waals surface area contributed by atoms with Gasteiger partial charge in [0.05, 0.1) is 18.3 Å². The number of aromatic amines is 1. The molecule has 0 radical (unpaired) electrons. The molecule has 3 aromatic heterocycles. The first-order valence-electron chi connectivity index (χ1n) is 7.22. The minimum absolute atomic E-state index is 0.121. The van der Waals surface area contributed by atoms with E-state index in [0.717, 1.165) is 6.07 Å². The number of aromatic nitrogens is 6. The Morgan fingerprint density at radius 3 is 2.60 bits per heavy atom. The second-order valence-electron chi connectivity index (χ2n) is 5.42. The molecule has 11 heteroatoms. The van der Waals surface area contributed by atoms with E-state index in [1.54, 1.807) is 13.8 Å². The van der Waals surface area contributed by atoms with E-state index in [4.69, 9.17) is 0 Å². The summed E-state index contributed by atoms with van der Waals surface area (Å²) in [4.78, 5) is 18.8. The van der Waals surface area contributed by atoms with Crippen molar-refractivity contribution in [3.63, 3.8) is 0 Å². The van der Waals surface area contributed by atoms with Crippen LogP contribution in [0.1, 0.15) is 35.9 Å². The van der Waals surface area contributed by atoms with Gasteiger partial charge in [-0.3, -0.25) is 4.79 Å². The predicted molar refractivity (Wildman–Crippen MR) is 79.7 cm³/mol. The Balaban J connectivity index is 2.11. The predicted octanol–water partition coefficient (Wildman–Crippen LogP) is 1.34. The highest BCUT2D eigenvalue weighted by molar-refractivity contribution is 5.77. The summed E-state index contributed by atoms with van der Waals surface area (Å²) in [5, 5.41) is 20.5. The molecular formula is C14H13F3N6O2. The summed E-state index contributed by atoms with van der Waals surface area (Å²) in [5.74, 6) is 0.342. The number of alkyl halides is 3. The monoisotopic (exact) mass is 354 g/mol. The van der Waals surface area contributed by atoms with Gasteiger partial charge in [0.25, 0.3) is 5.56 Å². The molecule has 0 aliphatic heterocycles. The Morgan fingerprint density at radius 1 is 1.32 bits per heavy atom. The van der Waals surface area contributed by atoms with Gasteiger partial charge in [-0.15, -0.1) is 5.10 Å². The molecule has 3 heterocycles. The van der Waals surface area contributed by atoms with E-state index in [0.29, 0.717) is 5.82 Å². The summed E-state index contributed by atoms with van der Waals surface area (Å²) in [7, 11) is 0. The molecule has 0 saturated heterocycles. The van der Waals surface area contributed by atoms with Crippen LogP contribution < -0.4 is 5.56 Å². The summed E-state index contributed by atoms with van der Waals surface area (Å²) < 4.78 is 39.1. The Bertz CT molecular complexity index is 977. The van der Waals surface area contributed by atoms with Gasteiger partial charge in [0, 0.05) is 0 Å². The fraction of sp³-hybridized carbons (Fsp3) is 0.357. The zero-order valence-electron chi connectivity index (χ0n) is 13.2. The number of aliphatic hydroxyl groups is 1. The van der Waals surface area contributed by atoms with E-state index in [9.17, 15) is 23.1 Å². The lowest BCUT2D eigenvalue weighted by Gasteiger charge is -2.13. The van der Waals surface area contributed by atoms with Gasteiger partial charge >= 0.3 is 6.18 Å². The molecule has 3 rings (SSSR count). The van der Waals surface area contributed by atoms with Gasteiger partial charge in [0.2, 0.25) is 0 Å². The van der Waals surface area contributed by atoms with Crippen LogP contribution in [0.2, 0.25) is 0 Å². The van der Waals surface area contributed by atoms with Crippen molar-refractivity contribution in [3.8, 4) is 0 Å². The average molecular weight is 354 g/mol. The highest BCUT2D eigenvalue weighted by Crippen LogP contribution is 2.28. The molecule has 0 aliphatic rings. The number of rotatable bonds is 3. The largest absolute Gasteiger partial charge is 0.435 e. The van der Waals surface area contributed by atoms with Crippen LogP contribution in [0.25, 0.3) is 11.0 Å². The minimum atomic E-state index is -4.58. The third kappa shape index (κ3) is 2.97. The van der Waals surface area contributed by atoms with Crippen molar-refractivity contribution in [1.29, 1.82) is 0 Å². The minimum Gasteiger partial charge on any atom is -0.390 e. The average Bonchev–Trinajstić information content (AvgIpc) is 2.92. The molecule has 8 nitrogen and oxygen atoms in total. The smallest absolute Gasteiger partial charge is 0.390 e. The first-order chi connectivity index (χ1) is 11.7. The fourth-order valence-electron chi connectivity index (χ4n) is 2.45. The van der Waals surface area contributed by atoms with Crippen molar-refractivity contribution in [1.82, 2.24) is 29.9 Å². The Kier molecular flexibility index (Phi) is 4.03. The molecule has 0 aromatic carbocycles. The molecule has 25 heavy (non-hydrogen) atoms. The first-order valence-corrected chi connectivity index (χ1v) is 7.22. The highest BCUT2D eigenvalue weighted by atomic mass is 19.4. The summed E-state index contributed by atoms with van der Waals surface area (Å²) in [6, 6.07) is 1.36. The maximum absolute atomic E-state index is 12.6. The van der Waals surface area contributed by atoms with E-state index in [-0.39, 0.29) is 22.4 Å². The fourth-order valence-corrected chi connectivity index (χ4v) is 2.45. The van der Waals surface area contributed by atoms with Crippen LogP contribution in [0.15, 0.2) is 16.9 Å². The summed E-state index contributed by atoms with van der Waals surface area (Å²) in [6.07, 6.45) is -4.58. The van der Waals surface area contributed by atoms with Crippen molar-refractivity contribution >= 4 is 11.0 Å². The van der Waals surface area contributed by atoms with E-state index in [1.165, 1.54) is 10.7 Å². The normalized spacial score (nSPS) is 13.4. The number of hydrogen-bond acceptors (Lipinski definition) is 6. The van der Waals surface area contributed by atoms with E-state index in [1.807, 2.05) is 0 Å². The lowest BCUT2D eigenvalue weighted by molar-refractivity contribution is -0.141. The number of hydrogen-bond donors (Lipinski definition) is 2. The molecule has 132 valence electrons. The molecule has 3 aromatic rings. The second-order valence-corrected chi connectivity index (χ2v) is 5.42. The molecule has 2 N–H and O–H groups in total. The quantitative estimate of drug-likeness (QED) is 0.734. The lowest BCUT2D eigenvalue weighted by atomic mass is 10.2. The summed E-state index contributed by atoms with van der Waals surface area (Å²) in [5.41, 5.74) is -1.02. The third-order valence-corrected chi connectivity index (χ3v) is 3.67. The van der Waals surface area contributed by atoms with Crippen molar-refractivity contribution in [2.45, 2.75) is 32.7 Å². The van der Waals surface area contributed by atoms with Gasteiger partial charge < -0.3 is 10.1 Å². The molecule has 0 saturated carbocycles. The molecule has 0 aliphatic carbocycles. The molecule has 0 spiro atoms. The number of fused-ring (bicyclic) bond motifs is 1. The molecule has 1 atom stereocenters. The molecule has 0 fully saturated rings. The third-order valence-electron chi connectivity index (χ3n) is 3.67. The summed E-state index contributed by atoms with van der Waals surface area (Å²) in [6.45, 7) is 2.73. The van der Waals surface area contributed by atoms with Gasteiger partial charge in [-0.25, -0.2) is 9.67 Å². The van der Waals surface area contributed by atoms with Crippen LogP contribution in [0.4, 0.5) is 13.2 Å². The van der Waals surface area contributed by atoms with Crippen LogP contribution in [0, 0.1) is 6.92 Å². The van der Waals surface area contributed by atoms with Crippen molar-refractivity contribution in [3.05, 3.63) is 45.4 Å². The van der Waals surface area contributed by atoms with Crippen molar-refractivity contribution < 1.29 is 18.3 Å². The van der Waals surface area contributed by atoms with Crippen molar-refractivity contribution in [2.24, 2.45) is 0 Å². The second kappa shape index (κ2) is 5.92. The number of H-pyrrole nitrogens is 1. The number of halogens is 3. The van der Waals surface area contributed by atoms with Crippen LogP contribution in [0.3, 0.4) is 0 Å². The van der Waals surface area contributed by atoms with Gasteiger partial charge in [-0.05, 0) is 26.0 Å². The van der Waals surface area contributed by atoms with Gasteiger partial charge in [-0.1, -0.05) is 0 Å². The standard InChI is InChI=1S/C14H13F3N6O2/c1-6(8-3-4-10(21-20-8)14(15,16)17)23-12-11(9(5-24)22-23)13(25)19-7(2)18-12/h3-4,6,24H,5H2,1-2H3,(H,18,19,25)/t6-/m0/s1. The van der Waals surface area contributed by atoms with Crippen LogP contribution >= 0.6 is 0 Å². The zero-order chi connectivity index (χ0) is 18.4. The van der Waals surface area contributed by atoms with Crippen LogP contribution in [-0.2, 0) is 12.8 Å². The van der Waals surface area contributed by atoms with E-state index >= 15 is 0 Å². The molecule has 0 unspecified atom stereocenters. The Morgan fingerprint density at radius 2 is 2.04 bits per heavy atom. The zero-order valence-corrected chi connectivity index (χ0v) is 13.2. The summed E-state index contributed by atoms with van der Waals surface area (Å²) >= 11 is 0. The topological polar surface area (TPSA) is 110 Å². The lowest BCUT2D eigenvalue weighted by Crippen LogP contribution is -2.16. The SMILES string of the molecule is Cc1nc2c(c(CO)nn2[C@@H](C)c2ccc(C(F)(F)F)nn2)c(=O)[nH]1. The Hall–Kier alpha value is -2.82. The molecular weight excluding hydrogens is 341 g/mol. The molecule has 0 amide bonds. The Labute approximate surface area is 138 Å². The number of nitrogens with one attached hydrogen (secondary N) is 1. The van der Waals surface area contributed by atoms with Gasteiger partial charge in [-0.2, -0.15) is 23.4 Å². The maximum Gasteiger partial charge on any atom is 0.435 e. The van der Waals surface area contributed by atoms with Crippen LogP contribution in [0.5, 0.6) is 0 Å². The van der Waals surface area contributed by atoms with E-state index < -0.39 is 30.1 Å². The van der Waals surface area contributed by atoms with Crippen molar-refractivity contribution in [2.75, 3.05) is 0 Å². The van der Waals surface area contributed by atoms with Gasteiger partial charge in [0.1, 0.15) is 16.9 Å². The van der Waals surface area contributed by atoms with Crippen LogP contribution in [-0.4, -0.2) is 35.1 Å². The highest BCUT2D eigenvalue weighted by Gasteiger charge is 2.33. The molecule has 0 bridgehead atoms.